The molecule has 0 spiro atoms. The van der Waals surface area contributed by atoms with Gasteiger partial charge in [-0.1, -0.05) is 30.2 Å². The lowest BCUT2D eigenvalue weighted by Gasteiger charge is -2.15. The number of aliphatic imine (C=N–C) groups is 1. The lowest BCUT2D eigenvalue weighted by molar-refractivity contribution is 0.235. The fourth-order valence-corrected chi connectivity index (χ4v) is 3.14. The monoisotopic (exact) mass is 393 g/mol. The molecule has 29 heavy (non-hydrogen) atoms. The Hall–Kier alpha value is -3.33. The number of benzene rings is 2. The number of ether oxygens (including phenoxy) is 3. The van der Waals surface area contributed by atoms with Gasteiger partial charge in [-0.05, 0) is 36.2 Å². The summed E-state index contributed by atoms with van der Waals surface area (Å²) in [7, 11) is 1.60. The van der Waals surface area contributed by atoms with Gasteiger partial charge in [0, 0.05) is 13.0 Å². The van der Waals surface area contributed by atoms with Crippen LogP contribution in [0.1, 0.15) is 18.1 Å². The van der Waals surface area contributed by atoms with Crippen LogP contribution in [0.15, 0.2) is 47.5 Å². The first-order valence-corrected chi connectivity index (χ1v) is 9.73. The predicted octanol–water partition coefficient (Wildman–Crippen LogP) is 2.77. The van der Waals surface area contributed by atoms with Crippen LogP contribution in [0.4, 0.5) is 0 Å². The number of hydrogen-bond acceptors (Lipinski definition) is 4. The van der Waals surface area contributed by atoms with Crippen molar-refractivity contribution in [1.29, 1.82) is 0 Å². The van der Waals surface area contributed by atoms with Crippen LogP contribution in [0.3, 0.4) is 0 Å². The molecule has 0 amide bonds. The van der Waals surface area contributed by atoms with Crippen molar-refractivity contribution < 1.29 is 14.2 Å². The molecule has 6 heteroatoms. The van der Waals surface area contributed by atoms with Crippen LogP contribution < -0.4 is 24.8 Å². The van der Waals surface area contributed by atoms with Crippen molar-refractivity contribution in [3.05, 3.63) is 53.6 Å². The van der Waals surface area contributed by atoms with E-state index in [1.165, 1.54) is 5.56 Å². The van der Waals surface area contributed by atoms with Crippen molar-refractivity contribution in [3.8, 4) is 29.6 Å². The maximum absolute atomic E-state index is 5.99. The fourth-order valence-electron chi connectivity index (χ4n) is 3.14. The molecule has 6 nitrogen and oxygen atoms in total. The first-order valence-electron chi connectivity index (χ1n) is 9.73. The molecule has 3 rings (SSSR count). The van der Waals surface area contributed by atoms with Crippen molar-refractivity contribution in [2.45, 2.75) is 26.0 Å². The Morgan fingerprint density at radius 1 is 1.24 bits per heavy atom. The van der Waals surface area contributed by atoms with Crippen LogP contribution >= 0.6 is 0 Å². The van der Waals surface area contributed by atoms with Crippen molar-refractivity contribution in [2.24, 2.45) is 4.99 Å². The largest absolute Gasteiger partial charge is 0.493 e. The molecule has 2 N–H and O–H groups in total. The molecule has 1 heterocycles. The van der Waals surface area contributed by atoms with Gasteiger partial charge >= 0.3 is 0 Å². The van der Waals surface area contributed by atoms with E-state index in [-0.39, 0.29) is 12.7 Å². The Labute approximate surface area is 172 Å². The van der Waals surface area contributed by atoms with Gasteiger partial charge in [0.05, 0.1) is 20.2 Å². The first-order chi connectivity index (χ1) is 14.2. The van der Waals surface area contributed by atoms with Gasteiger partial charge in [0.25, 0.3) is 0 Å². The minimum Gasteiger partial charge on any atom is -0.493 e. The highest BCUT2D eigenvalue weighted by Crippen LogP contribution is 2.29. The molecule has 0 saturated carbocycles. The van der Waals surface area contributed by atoms with Gasteiger partial charge in [0.1, 0.15) is 18.5 Å². The lowest BCUT2D eigenvalue weighted by atomic mass is 10.1. The minimum absolute atomic E-state index is 0.0982. The molecule has 0 aromatic heterocycles. The number of hydrogen-bond donors (Lipinski definition) is 2. The van der Waals surface area contributed by atoms with E-state index in [2.05, 4.69) is 27.6 Å². The molecule has 2 aromatic rings. The maximum Gasteiger partial charge on any atom is 0.191 e. The highest BCUT2D eigenvalue weighted by atomic mass is 16.5. The Balaban J connectivity index is 1.60. The molecule has 1 aliphatic heterocycles. The Morgan fingerprint density at radius 2 is 2.10 bits per heavy atom. The van der Waals surface area contributed by atoms with Crippen LogP contribution in [0, 0.1) is 12.3 Å². The van der Waals surface area contributed by atoms with Crippen LogP contribution in [0.2, 0.25) is 0 Å². The summed E-state index contributed by atoms with van der Waals surface area (Å²) in [5, 5.41) is 6.64. The van der Waals surface area contributed by atoms with E-state index in [1.807, 2.05) is 43.3 Å². The summed E-state index contributed by atoms with van der Waals surface area (Å²) in [5.74, 6) is 5.45. The minimum atomic E-state index is 0.0982. The summed E-state index contributed by atoms with van der Waals surface area (Å²) in [6, 6.07) is 13.9. The third-order valence-corrected chi connectivity index (χ3v) is 4.51. The molecule has 2 aromatic carbocycles. The van der Waals surface area contributed by atoms with E-state index >= 15 is 0 Å². The van der Waals surface area contributed by atoms with Crippen molar-refractivity contribution in [3.63, 3.8) is 0 Å². The van der Waals surface area contributed by atoms with E-state index in [1.54, 1.807) is 7.11 Å². The Bertz CT molecular complexity index is 864. The third-order valence-electron chi connectivity index (χ3n) is 4.51. The topological polar surface area (TPSA) is 64.1 Å². The SMILES string of the molecule is C#CCOc1cc(CN=C(NCC)NCC2Cc3ccccc3O2)ccc1OC. The lowest BCUT2D eigenvalue weighted by Crippen LogP contribution is -2.42. The molecule has 0 radical (unpaired) electrons. The summed E-state index contributed by atoms with van der Waals surface area (Å²) in [6.45, 7) is 4.18. The van der Waals surface area contributed by atoms with Gasteiger partial charge in [-0.25, -0.2) is 4.99 Å². The second kappa shape index (κ2) is 10.3. The van der Waals surface area contributed by atoms with Crippen molar-refractivity contribution in [1.82, 2.24) is 10.6 Å². The Morgan fingerprint density at radius 3 is 2.86 bits per heavy atom. The van der Waals surface area contributed by atoms with Gasteiger partial charge in [0.15, 0.2) is 17.5 Å². The zero-order valence-corrected chi connectivity index (χ0v) is 16.9. The second-order valence-electron chi connectivity index (χ2n) is 6.61. The number of para-hydroxylation sites is 1. The highest BCUT2D eigenvalue weighted by molar-refractivity contribution is 5.79. The van der Waals surface area contributed by atoms with E-state index in [0.29, 0.717) is 24.6 Å². The summed E-state index contributed by atoms with van der Waals surface area (Å²) < 4.78 is 16.9. The predicted molar refractivity (Wildman–Crippen MR) is 115 cm³/mol. The van der Waals surface area contributed by atoms with E-state index < -0.39 is 0 Å². The molecular weight excluding hydrogens is 366 g/mol. The fraction of sp³-hybridized carbons (Fsp3) is 0.348. The number of nitrogens with one attached hydrogen (secondary N) is 2. The molecular formula is C23H27N3O3. The summed E-state index contributed by atoms with van der Waals surface area (Å²) in [6.07, 6.45) is 6.28. The van der Waals surface area contributed by atoms with Gasteiger partial charge in [-0.2, -0.15) is 0 Å². The number of nitrogens with zero attached hydrogens (tertiary/aromatic N) is 1. The number of terminal acetylenes is 1. The average Bonchev–Trinajstić information content (AvgIpc) is 3.17. The normalized spacial score (nSPS) is 15.1. The Kier molecular flexibility index (Phi) is 7.23. The van der Waals surface area contributed by atoms with Gasteiger partial charge < -0.3 is 24.8 Å². The number of rotatable bonds is 8. The standard InChI is InChI=1S/C23H27N3O3/c1-4-12-28-22-13-17(10-11-21(22)27-3)15-25-23(24-5-2)26-16-19-14-18-8-6-7-9-20(18)29-19/h1,6-11,13,19H,5,12,14-16H2,2-3H3,(H2,24,25,26). The quantitative estimate of drug-likeness (QED) is 0.410. The van der Waals surface area contributed by atoms with Crippen LogP contribution in [-0.4, -0.2) is 38.9 Å². The smallest absolute Gasteiger partial charge is 0.191 e. The van der Waals surface area contributed by atoms with E-state index in [0.717, 1.165) is 30.2 Å². The van der Waals surface area contributed by atoms with Crippen molar-refractivity contribution >= 4 is 5.96 Å². The number of methoxy groups -OCH3 is 1. The number of guanidine groups is 1. The zero-order chi connectivity index (χ0) is 20.5. The van der Waals surface area contributed by atoms with Gasteiger partial charge in [0.2, 0.25) is 0 Å². The average molecular weight is 393 g/mol. The van der Waals surface area contributed by atoms with Crippen molar-refractivity contribution in [2.75, 3.05) is 26.8 Å². The molecule has 1 aliphatic rings. The molecule has 0 aliphatic carbocycles. The van der Waals surface area contributed by atoms with Crippen LogP contribution in [-0.2, 0) is 13.0 Å². The molecule has 152 valence electrons. The van der Waals surface area contributed by atoms with Gasteiger partial charge in [-0.3, -0.25) is 0 Å². The van der Waals surface area contributed by atoms with E-state index in [9.17, 15) is 0 Å². The third kappa shape index (κ3) is 5.58. The summed E-state index contributed by atoms with van der Waals surface area (Å²) in [4.78, 5) is 4.67. The molecule has 0 bridgehead atoms. The number of fused-ring (bicyclic) bond motifs is 1. The van der Waals surface area contributed by atoms with Crippen LogP contribution in [0.5, 0.6) is 17.2 Å². The zero-order valence-electron chi connectivity index (χ0n) is 16.9. The summed E-state index contributed by atoms with van der Waals surface area (Å²) >= 11 is 0. The molecule has 1 atom stereocenters. The second-order valence-corrected chi connectivity index (χ2v) is 6.61. The van der Waals surface area contributed by atoms with E-state index in [4.69, 9.17) is 20.6 Å². The molecule has 1 unspecified atom stereocenters. The molecule has 0 saturated heterocycles. The summed E-state index contributed by atoms with van der Waals surface area (Å²) in [5.41, 5.74) is 2.25. The van der Waals surface area contributed by atoms with Gasteiger partial charge in [-0.15, -0.1) is 6.42 Å². The molecule has 0 fully saturated rings. The van der Waals surface area contributed by atoms with Crippen LogP contribution in [0.25, 0.3) is 0 Å². The highest BCUT2D eigenvalue weighted by Gasteiger charge is 2.22. The maximum atomic E-state index is 5.99. The first kappa shape index (κ1) is 20.4.